The molecule has 178 valence electrons. The highest BCUT2D eigenvalue weighted by Gasteiger charge is 2.29. The van der Waals surface area contributed by atoms with E-state index in [1.807, 2.05) is 0 Å². The number of aromatic amines is 1. The lowest BCUT2D eigenvalue weighted by Crippen LogP contribution is -2.33. The summed E-state index contributed by atoms with van der Waals surface area (Å²) in [6.45, 7) is -0.0462. The number of anilines is 1. The van der Waals surface area contributed by atoms with Crippen LogP contribution >= 0.6 is 0 Å². The predicted molar refractivity (Wildman–Crippen MR) is 127 cm³/mol. The Balaban J connectivity index is 1.69. The monoisotopic (exact) mass is 486 g/mol. The molecule has 0 aliphatic heterocycles. The summed E-state index contributed by atoms with van der Waals surface area (Å²) in [5.74, 6) is -2.24. The van der Waals surface area contributed by atoms with Gasteiger partial charge < -0.3 is 24.3 Å². The lowest BCUT2D eigenvalue weighted by atomic mass is 10.0. The molecular formula is C24H15FN6O5. The van der Waals surface area contributed by atoms with Gasteiger partial charge in [0.1, 0.15) is 28.1 Å². The minimum atomic E-state index is -1.32. The number of nitrogens with zero attached hydrogens (tertiary/aromatic N) is 4. The SMILES string of the molecule is Nc1nnc2cc(Cn3c(C(=O)O)c(-c4ccc[nH]c4=O)c4c5occc5c(F)cc43)ccc2[n+]1[O-]. The van der Waals surface area contributed by atoms with Gasteiger partial charge in [-0.2, -0.15) is 0 Å². The number of nitrogens with two attached hydrogens (primary N) is 1. The number of furan rings is 1. The molecular weight excluding hydrogens is 471 g/mol. The Bertz CT molecular complexity index is 1920. The molecule has 0 saturated carbocycles. The molecule has 0 saturated heterocycles. The first-order chi connectivity index (χ1) is 17.3. The van der Waals surface area contributed by atoms with E-state index in [9.17, 15) is 19.9 Å². The van der Waals surface area contributed by atoms with Crippen LogP contribution in [-0.2, 0) is 6.54 Å². The van der Waals surface area contributed by atoms with Gasteiger partial charge in [-0.3, -0.25) is 10.5 Å². The van der Waals surface area contributed by atoms with Gasteiger partial charge in [0.25, 0.3) is 5.56 Å². The fourth-order valence-corrected chi connectivity index (χ4v) is 4.54. The van der Waals surface area contributed by atoms with Crippen LogP contribution in [0, 0.1) is 11.0 Å². The second-order valence-electron chi connectivity index (χ2n) is 8.12. The van der Waals surface area contributed by atoms with E-state index in [1.165, 1.54) is 41.3 Å². The van der Waals surface area contributed by atoms with Crippen LogP contribution in [0.1, 0.15) is 16.1 Å². The van der Waals surface area contributed by atoms with Crippen molar-refractivity contribution >= 4 is 44.8 Å². The number of rotatable bonds is 4. The Morgan fingerprint density at radius 1 is 1.25 bits per heavy atom. The highest BCUT2D eigenvalue weighted by molar-refractivity contribution is 6.17. The number of hydrogen-bond acceptors (Lipinski definition) is 7. The molecule has 0 aliphatic carbocycles. The largest absolute Gasteiger partial charge is 0.740 e. The molecule has 6 aromatic rings. The van der Waals surface area contributed by atoms with E-state index < -0.39 is 17.3 Å². The summed E-state index contributed by atoms with van der Waals surface area (Å²) < 4.78 is 22.4. The van der Waals surface area contributed by atoms with Crippen LogP contribution in [0.4, 0.5) is 10.3 Å². The van der Waals surface area contributed by atoms with Crippen molar-refractivity contribution in [1.82, 2.24) is 19.7 Å². The zero-order valence-corrected chi connectivity index (χ0v) is 18.2. The number of halogens is 1. The summed E-state index contributed by atoms with van der Waals surface area (Å²) in [5.41, 5.74) is 6.28. The van der Waals surface area contributed by atoms with Gasteiger partial charge in [-0.15, -0.1) is 0 Å². The molecule has 0 fully saturated rings. The van der Waals surface area contributed by atoms with E-state index in [2.05, 4.69) is 15.2 Å². The molecule has 0 radical (unpaired) electrons. The normalized spacial score (nSPS) is 11.6. The Hall–Kier alpha value is -5.26. The highest BCUT2D eigenvalue weighted by atomic mass is 19.1. The molecule has 4 aromatic heterocycles. The third kappa shape index (κ3) is 3.01. The average molecular weight is 486 g/mol. The van der Waals surface area contributed by atoms with Gasteiger partial charge in [0.15, 0.2) is 0 Å². The predicted octanol–water partition coefficient (Wildman–Crippen LogP) is 2.79. The van der Waals surface area contributed by atoms with Crippen molar-refractivity contribution in [2.75, 3.05) is 5.73 Å². The maximum Gasteiger partial charge on any atom is 0.413 e. The number of H-pyrrole nitrogens is 1. The van der Waals surface area contributed by atoms with Gasteiger partial charge in [0.05, 0.1) is 28.1 Å². The van der Waals surface area contributed by atoms with Crippen LogP contribution in [0.5, 0.6) is 0 Å². The van der Waals surface area contributed by atoms with Crippen molar-refractivity contribution in [3.8, 4) is 11.1 Å². The zero-order chi connectivity index (χ0) is 25.1. The van der Waals surface area contributed by atoms with Gasteiger partial charge >= 0.3 is 11.9 Å². The summed E-state index contributed by atoms with van der Waals surface area (Å²) in [5, 5.41) is 30.4. The van der Waals surface area contributed by atoms with Crippen molar-refractivity contribution in [3.63, 3.8) is 0 Å². The molecule has 0 unspecified atom stereocenters. The Morgan fingerprint density at radius 2 is 2.08 bits per heavy atom. The van der Waals surface area contributed by atoms with Gasteiger partial charge in [-0.05, 0) is 42.0 Å². The molecule has 0 spiro atoms. The number of fused-ring (bicyclic) bond motifs is 4. The van der Waals surface area contributed by atoms with Gasteiger partial charge in [0.2, 0.25) is 0 Å². The van der Waals surface area contributed by atoms with Gasteiger partial charge in [-0.1, -0.05) is 11.2 Å². The van der Waals surface area contributed by atoms with Crippen LogP contribution in [0.15, 0.2) is 64.1 Å². The molecule has 0 aliphatic rings. The fourth-order valence-electron chi connectivity index (χ4n) is 4.54. The maximum absolute atomic E-state index is 15.0. The Labute approximate surface area is 199 Å². The van der Waals surface area contributed by atoms with Crippen LogP contribution < -0.4 is 16.0 Å². The third-order valence-electron chi connectivity index (χ3n) is 6.07. The van der Waals surface area contributed by atoms with Crippen molar-refractivity contribution in [2.45, 2.75) is 6.54 Å². The number of aromatic carboxylic acids is 1. The van der Waals surface area contributed by atoms with Gasteiger partial charge in [0, 0.05) is 23.4 Å². The van der Waals surface area contributed by atoms with E-state index in [0.717, 1.165) is 0 Å². The highest BCUT2D eigenvalue weighted by Crippen LogP contribution is 2.40. The topological polar surface area (TPSA) is 167 Å². The van der Waals surface area contributed by atoms with E-state index >= 15 is 4.39 Å². The third-order valence-corrected chi connectivity index (χ3v) is 6.07. The van der Waals surface area contributed by atoms with E-state index in [1.54, 1.807) is 18.2 Å². The molecule has 36 heavy (non-hydrogen) atoms. The lowest BCUT2D eigenvalue weighted by molar-refractivity contribution is -0.564. The van der Waals surface area contributed by atoms with Crippen LogP contribution in [-0.4, -0.2) is 30.8 Å². The number of nitrogen functional groups attached to an aromatic ring is 1. The first-order valence-electron chi connectivity index (χ1n) is 10.6. The molecule has 0 amide bonds. The summed E-state index contributed by atoms with van der Waals surface area (Å²) in [4.78, 5) is 27.9. The number of carboxylic acids is 1. The van der Waals surface area contributed by atoms with Gasteiger partial charge in [-0.25, -0.2) is 13.9 Å². The number of pyridine rings is 1. The van der Waals surface area contributed by atoms with E-state index in [4.69, 9.17) is 10.2 Å². The second kappa shape index (κ2) is 7.63. The molecule has 2 aromatic carbocycles. The molecule has 4 N–H and O–H groups in total. The minimum absolute atomic E-state index is 0.0462. The first kappa shape index (κ1) is 21.3. The summed E-state index contributed by atoms with van der Waals surface area (Å²) in [6, 6.07) is 10.4. The lowest BCUT2D eigenvalue weighted by Gasteiger charge is -2.11. The van der Waals surface area contributed by atoms with Crippen LogP contribution in [0.3, 0.4) is 0 Å². The standard InChI is InChI=1S/C24H15FN6O5/c25-14-9-17-19(21-12(14)5-7-36-21)18(13-2-1-6-27-22(13)32)20(23(33)34)30(17)10-11-3-4-16-15(8-11)28-29-24(26)31(16)35/h1-9H,10H2,(H2,26,29)(H,27,32)(H,33,34). The van der Waals surface area contributed by atoms with Crippen LogP contribution in [0.25, 0.3) is 44.0 Å². The van der Waals surface area contributed by atoms with Crippen molar-refractivity contribution in [2.24, 2.45) is 0 Å². The second-order valence-corrected chi connectivity index (χ2v) is 8.12. The smallest absolute Gasteiger partial charge is 0.413 e. The summed E-state index contributed by atoms with van der Waals surface area (Å²) in [7, 11) is 0. The number of aromatic nitrogens is 5. The molecule has 4 heterocycles. The Morgan fingerprint density at radius 3 is 2.86 bits per heavy atom. The number of benzene rings is 2. The molecule has 11 nitrogen and oxygen atoms in total. The molecule has 12 heteroatoms. The quantitative estimate of drug-likeness (QED) is 0.253. The van der Waals surface area contributed by atoms with Crippen molar-refractivity contribution in [1.29, 1.82) is 0 Å². The molecule has 0 bridgehead atoms. The number of carboxylic acid groups (broad SMARTS) is 1. The number of carbonyl (C=O) groups is 1. The summed E-state index contributed by atoms with van der Waals surface area (Å²) >= 11 is 0. The van der Waals surface area contributed by atoms with E-state index in [0.29, 0.717) is 10.3 Å². The van der Waals surface area contributed by atoms with Crippen LogP contribution in [0.2, 0.25) is 0 Å². The molecule has 6 rings (SSSR count). The zero-order valence-electron chi connectivity index (χ0n) is 18.2. The number of hydrogen-bond donors (Lipinski definition) is 3. The maximum atomic E-state index is 15.0. The number of nitrogens with one attached hydrogen (secondary N) is 1. The van der Waals surface area contributed by atoms with Crippen molar-refractivity contribution in [3.05, 3.63) is 87.6 Å². The van der Waals surface area contributed by atoms with Crippen molar-refractivity contribution < 1.29 is 23.4 Å². The first-order valence-corrected chi connectivity index (χ1v) is 10.6. The molecule has 0 atom stereocenters. The average Bonchev–Trinajstić information content (AvgIpc) is 3.46. The van der Waals surface area contributed by atoms with E-state index in [-0.39, 0.29) is 62.2 Å². The fraction of sp³-hybridized carbons (Fsp3) is 0.0417. The Kier molecular flexibility index (Phi) is 4.51. The minimum Gasteiger partial charge on any atom is -0.740 e. The summed E-state index contributed by atoms with van der Waals surface area (Å²) in [6.07, 6.45) is 2.73.